The van der Waals surface area contributed by atoms with Crippen LogP contribution in [-0.4, -0.2) is 0 Å². The minimum Gasteiger partial charge on any atom is -0.318 e. The van der Waals surface area contributed by atoms with Crippen LogP contribution >= 0.6 is 0 Å². The lowest BCUT2D eigenvalue weighted by Crippen LogP contribution is -2.35. The molecule has 0 heterocycles. The maximum atomic E-state index is 14.2. The van der Waals surface area contributed by atoms with Crippen LogP contribution in [0.15, 0.2) is 30.3 Å². The van der Waals surface area contributed by atoms with Crippen molar-refractivity contribution < 1.29 is 8.78 Å². The minimum atomic E-state index is -1.07. The Labute approximate surface area is 118 Å². The van der Waals surface area contributed by atoms with E-state index in [2.05, 4.69) is 0 Å². The van der Waals surface area contributed by atoms with Gasteiger partial charge in [-0.3, -0.25) is 0 Å². The number of nitrogens with two attached hydrogens (primary N) is 1. The van der Waals surface area contributed by atoms with Gasteiger partial charge in [0.25, 0.3) is 0 Å². The van der Waals surface area contributed by atoms with E-state index in [1.54, 1.807) is 19.1 Å². The summed E-state index contributed by atoms with van der Waals surface area (Å²) >= 11 is 0. The maximum Gasteiger partial charge on any atom is 0.164 e. The summed E-state index contributed by atoms with van der Waals surface area (Å²) in [5, 5.41) is 0. The molecular formula is C17H19F2N. The van der Waals surface area contributed by atoms with Gasteiger partial charge in [-0.2, -0.15) is 0 Å². The van der Waals surface area contributed by atoms with Crippen LogP contribution in [0.4, 0.5) is 8.78 Å². The van der Waals surface area contributed by atoms with E-state index in [1.165, 1.54) is 6.92 Å². The Morgan fingerprint density at radius 2 is 1.45 bits per heavy atom. The van der Waals surface area contributed by atoms with Crippen LogP contribution in [0.5, 0.6) is 0 Å². The summed E-state index contributed by atoms with van der Waals surface area (Å²) in [6, 6.07) is 8.84. The molecule has 20 heavy (non-hydrogen) atoms. The van der Waals surface area contributed by atoms with Gasteiger partial charge in [0, 0.05) is 5.56 Å². The Balaban J connectivity index is 2.60. The molecule has 2 rings (SSSR count). The molecule has 0 aliphatic carbocycles. The summed E-state index contributed by atoms with van der Waals surface area (Å²) in [6.07, 6.45) is 0. The predicted octanol–water partition coefficient (Wildman–Crippen LogP) is 4.11. The molecule has 0 aliphatic rings. The van der Waals surface area contributed by atoms with Crippen molar-refractivity contribution in [2.45, 2.75) is 33.2 Å². The summed E-state index contributed by atoms with van der Waals surface area (Å²) in [7, 11) is 0. The molecule has 2 aromatic carbocycles. The maximum absolute atomic E-state index is 14.2. The molecule has 1 atom stereocenters. The van der Waals surface area contributed by atoms with Crippen LogP contribution in [0.25, 0.3) is 0 Å². The summed E-state index contributed by atoms with van der Waals surface area (Å²) < 4.78 is 27.9. The zero-order chi connectivity index (χ0) is 15.1. The molecule has 0 fully saturated rings. The van der Waals surface area contributed by atoms with E-state index in [9.17, 15) is 8.78 Å². The molecule has 0 saturated heterocycles. The molecule has 0 bridgehead atoms. The topological polar surface area (TPSA) is 26.0 Å². The largest absolute Gasteiger partial charge is 0.318 e. The van der Waals surface area contributed by atoms with Crippen LogP contribution < -0.4 is 5.73 Å². The summed E-state index contributed by atoms with van der Waals surface area (Å²) in [5.41, 5.74) is 8.65. The molecule has 1 unspecified atom stereocenters. The van der Waals surface area contributed by atoms with Gasteiger partial charge in [0.15, 0.2) is 11.6 Å². The van der Waals surface area contributed by atoms with Crippen molar-refractivity contribution in [3.05, 3.63) is 69.8 Å². The summed E-state index contributed by atoms with van der Waals surface area (Å²) in [6.45, 7) is 7.20. The van der Waals surface area contributed by atoms with E-state index in [-0.39, 0.29) is 11.1 Å². The third kappa shape index (κ3) is 2.34. The molecule has 0 amide bonds. The van der Waals surface area contributed by atoms with Crippen LogP contribution in [0.1, 0.15) is 34.7 Å². The molecule has 3 heteroatoms. The quantitative estimate of drug-likeness (QED) is 0.877. The Kier molecular flexibility index (Phi) is 3.65. The fraction of sp³-hybridized carbons (Fsp3) is 0.294. The highest BCUT2D eigenvalue weighted by Gasteiger charge is 2.29. The van der Waals surface area contributed by atoms with E-state index in [1.807, 2.05) is 32.0 Å². The van der Waals surface area contributed by atoms with E-state index >= 15 is 0 Å². The van der Waals surface area contributed by atoms with Gasteiger partial charge in [-0.1, -0.05) is 30.3 Å². The van der Waals surface area contributed by atoms with E-state index in [4.69, 9.17) is 5.73 Å². The molecule has 0 saturated carbocycles. The average molecular weight is 275 g/mol. The zero-order valence-corrected chi connectivity index (χ0v) is 12.2. The van der Waals surface area contributed by atoms with Crippen molar-refractivity contribution >= 4 is 0 Å². The van der Waals surface area contributed by atoms with Crippen molar-refractivity contribution in [3.63, 3.8) is 0 Å². The van der Waals surface area contributed by atoms with Gasteiger partial charge in [-0.25, -0.2) is 8.78 Å². The normalized spacial score (nSPS) is 14.2. The van der Waals surface area contributed by atoms with Crippen molar-refractivity contribution in [1.29, 1.82) is 0 Å². The van der Waals surface area contributed by atoms with Gasteiger partial charge >= 0.3 is 0 Å². The predicted molar refractivity (Wildman–Crippen MR) is 77.7 cm³/mol. The number of hydrogen-bond donors (Lipinski definition) is 1. The molecule has 2 N–H and O–H groups in total. The first-order valence-electron chi connectivity index (χ1n) is 6.57. The second-order valence-corrected chi connectivity index (χ2v) is 5.56. The Bertz CT molecular complexity index is 660. The molecule has 0 aromatic heterocycles. The monoisotopic (exact) mass is 275 g/mol. The van der Waals surface area contributed by atoms with Crippen molar-refractivity contribution in [1.82, 2.24) is 0 Å². The van der Waals surface area contributed by atoms with Crippen LogP contribution in [0, 0.1) is 32.4 Å². The third-order valence-electron chi connectivity index (χ3n) is 3.94. The number of aryl methyl sites for hydroxylation is 3. The zero-order valence-electron chi connectivity index (χ0n) is 12.2. The lowest BCUT2D eigenvalue weighted by Gasteiger charge is -2.27. The molecule has 0 spiro atoms. The lowest BCUT2D eigenvalue weighted by molar-refractivity contribution is 0.464. The van der Waals surface area contributed by atoms with E-state index in [0.717, 1.165) is 16.7 Å². The van der Waals surface area contributed by atoms with Gasteiger partial charge in [-0.05, 0) is 49.9 Å². The molecule has 0 radical (unpaired) electrons. The fourth-order valence-electron chi connectivity index (χ4n) is 2.27. The first kappa shape index (κ1) is 14.7. The second-order valence-electron chi connectivity index (χ2n) is 5.56. The SMILES string of the molecule is Cc1ccc(C(C)(N)c2ccc(C)c(F)c2F)cc1C. The summed E-state index contributed by atoms with van der Waals surface area (Å²) in [5.74, 6) is -1.70. The van der Waals surface area contributed by atoms with Gasteiger partial charge in [0.05, 0.1) is 5.54 Å². The van der Waals surface area contributed by atoms with E-state index in [0.29, 0.717) is 0 Å². The van der Waals surface area contributed by atoms with Crippen LogP contribution in [-0.2, 0) is 5.54 Å². The first-order chi connectivity index (χ1) is 9.25. The molecule has 106 valence electrons. The highest BCUT2D eigenvalue weighted by Crippen LogP contribution is 2.31. The summed E-state index contributed by atoms with van der Waals surface area (Å²) in [4.78, 5) is 0. The number of hydrogen-bond acceptors (Lipinski definition) is 1. The van der Waals surface area contributed by atoms with Crippen molar-refractivity contribution in [2.75, 3.05) is 0 Å². The Hall–Kier alpha value is -1.74. The number of benzene rings is 2. The first-order valence-corrected chi connectivity index (χ1v) is 6.57. The van der Waals surface area contributed by atoms with E-state index < -0.39 is 17.2 Å². The molecular weight excluding hydrogens is 256 g/mol. The molecule has 1 nitrogen and oxygen atoms in total. The number of halogens is 2. The lowest BCUT2D eigenvalue weighted by atomic mass is 9.83. The van der Waals surface area contributed by atoms with Gasteiger partial charge < -0.3 is 5.73 Å². The standard InChI is InChI=1S/C17H19F2N/c1-10-5-7-13(9-12(10)3)17(4,20)14-8-6-11(2)15(18)16(14)19/h5-9H,20H2,1-4H3. The number of rotatable bonds is 2. The average Bonchev–Trinajstić information content (AvgIpc) is 2.38. The van der Waals surface area contributed by atoms with Crippen molar-refractivity contribution in [3.8, 4) is 0 Å². The molecule has 0 aliphatic heterocycles. The second kappa shape index (κ2) is 4.98. The smallest absolute Gasteiger partial charge is 0.164 e. The third-order valence-corrected chi connectivity index (χ3v) is 3.94. The Morgan fingerprint density at radius 1 is 0.850 bits per heavy atom. The highest BCUT2D eigenvalue weighted by atomic mass is 19.2. The van der Waals surface area contributed by atoms with Crippen LogP contribution in [0.2, 0.25) is 0 Å². The van der Waals surface area contributed by atoms with Gasteiger partial charge in [0.2, 0.25) is 0 Å². The van der Waals surface area contributed by atoms with Gasteiger partial charge in [0.1, 0.15) is 0 Å². The van der Waals surface area contributed by atoms with Crippen molar-refractivity contribution in [2.24, 2.45) is 5.73 Å². The fourth-order valence-corrected chi connectivity index (χ4v) is 2.27. The highest BCUT2D eigenvalue weighted by molar-refractivity contribution is 5.42. The molecule has 2 aromatic rings. The van der Waals surface area contributed by atoms with Crippen LogP contribution in [0.3, 0.4) is 0 Å². The minimum absolute atomic E-state index is 0.170. The Morgan fingerprint density at radius 3 is 2.05 bits per heavy atom. The van der Waals surface area contributed by atoms with Gasteiger partial charge in [-0.15, -0.1) is 0 Å².